The predicted octanol–water partition coefficient (Wildman–Crippen LogP) is 4.60. The number of hydrogen-bond donors (Lipinski definition) is 3. The fourth-order valence-corrected chi connectivity index (χ4v) is 3.81. The lowest BCUT2D eigenvalue weighted by atomic mass is 9.88. The number of aliphatic hydroxyl groups is 1. The van der Waals surface area contributed by atoms with Crippen LogP contribution in [0.4, 0.5) is 0 Å². The molecule has 0 saturated carbocycles. The molecule has 174 valence electrons. The number of nitrogens with one attached hydrogen (secondary N) is 2. The summed E-state index contributed by atoms with van der Waals surface area (Å²) in [6.07, 6.45) is 6.13. The summed E-state index contributed by atoms with van der Waals surface area (Å²) in [5.74, 6) is 0.422. The van der Waals surface area contributed by atoms with Crippen LogP contribution in [0, 0.1) is 22.7 Å². The first kappa shape index (κ1) is 27.1. The maximum Gasteiger partial charge on any atom is 0.220 e. The molecule has 1 aromatic carbocycles. The zero-order chi connectivity index (χ0) is 23.1. The summed E-state index contributed by atoms with van der Waals surface area (Å²) >= 11 is 0. The third kappa shape index (κ3) is 11.9. The molecule has 1 amide bonds. The van der Waals surface area contributed by atoms with Crippen LogP contribution < -0.4 is 10.6 Å². The van der Waals surface area contributed by atoms with E-state index in [0.717, 1.165) is 37.7 Å². The van der Waals surface area contributed by atoms with Crippen molar-refractivity contribution < 1.29 is 9.90 Å². The van der Waals surface area contributed by atoms with Crippen LogP contribution in [0.3, 0.4) is 0 Å². The SMILES string of the molecule is CCCCC(CC)CC(=O)NC(Cc1ccccc1)C(O)CNCC(C)(C)CCC#N. The minimum Gasteiger partial charge on any atom is -0.390 e. The van der Waals surface area contributed by atoms with E-state index in [-0.39, 0.29) is 17.4 Å². The van der Waals surface area contributed by atoms with Gasteiger partial charge in [0.25, 0.3) is 0 Å². The number of benzene rings is 1. The standard InChI is InChI=1S/C26H43N3O2/c1-5-7-12-21(6-2)18-25(31)29-23(17-22-13-9-8-10-14-22)24(30)19-28-20-26(3,4)15-11-16-27/h8-10,13-14,21,23-24,28,30H,5-7,11-12,15,17-20H2,1-4H3,(H,29,31). The Bertz CT molecular complexity index is 654. The molecule has 0 heterocycles. The van der Waals surface area contributed by atoms with Gasteiger partial charge in [-0.1, -0.05) is 77.3 Å². The molecule has 3 atom stereocenters. The van der Waals surface area contributed by atoms with Gasteiger partial charge in [0.1, 0.15) is 0 Å². The van der Waals surface area contributed by atoms with Gasteiger partial charge in [0.15, 0.2) is 0 Å². The molecule has 5 nitrogen and oxygen atoms in total. The smallest absolute Gasteiger partial charge is 0.220 e. The van der Waals surface area contributed by atoms with Crippen molar-refractivity contribution in [1.82, 2.24) is 10.6 Å². The van der Waals surface area contributed by atoms with Crippen molar-refractivity contribution in [3.05, 3.63) is 35.9 Å². The van der Waals surface area contributed by atoms with Gasteiger partial charge in [0.05, 0.1) is 18.2 Å². The Balaban J connectivity index is 2.70. The molecular formula is C26H43N3O2. The second kappa shape index (κ2) is 15.0. The maximum absolute atomic E-state index is 12.8. The fraction of sp³-hybridized carbons (Fsp3) is 0.692. The molecule has 5 heteroatoms. The van der Waals surface area contributed by atoms with Crippen molar-refractivity contribution in [3.63, 3.8) is 0 Å². The van der Waals surface area contributed by atoms with Gasteiger partial charge in [-0.05, 0) is 36.2 Å². The van der Waals surface area contributed by atoms with E-state index >= 15 is 0 Å². The van der Waals surface area contributed by atoms with Crippen molar-refractivity contribution in [3.8, 4) is 6.07 Å². The van der Waals surface area contributed by atoms with E-state index < -0.39 is 6.10 Å². The molecule has 1 aromatic rings. The zero-order valence-corrected chi connectivity index (χ0v) is 20.0. The average molecular weight is 430 g/mol. The fourth-order valence-electron chi connectivity index (χ4n) is 3.81. The highest BCUT2D eigenvalue weighted by Crippen LogP contribution is 2.21. The third-order valence-electron chi connectivity index (χ3n) is 6.00. The summed E-state index contributed by atoms with van der Waals surface area (Å²) in [4.78, 5) is 12.8. The second-order valence-corrected chi connectivity index (χ2v) is 9.50. The maximum atomic E-state index is 12.8. The van der Waals surface area contributed by atoms with Gasteiger partial charge in [0.2, 0.25) is 5.91 Å². The number of carbonyl (C=O) groups is 1. The Hall–Kier alpha value is -1.90. The number of carbonyl (C=O) groups excluding carboxylic acids is 1. The van der Waals surface area contributed by atoms with Gasteiger partial charge in [-0.2, -0.15) is 5.26 Å². The molecule has 3 unspecified atom stereocenters. The highest BCUT2D eigenvalue weighted by molar-refractivity contribution is 5.76. The molecule has 0 aliphatic rings. The zero-order valence-electron chi connectivity index (χ0n) is 20.0. The van der Waals surface area contributed by atoms with Crippen LogP contribution in [0.15, 0.2) is 30.3 Å². The molecule has 0 aromatic heterocycles. The molecule has 1 rings (SSSR count). The van der Waals surface area contributed by atoms with E-state index in [1.54, 1.807) is 0 Å². The van der Waals surface area contributed by atoms with Crippen molar-refractivity contribution in [2.45, 2.75) is 91.2 Å². The topological polar surface area (TPSA) is 85.2 Å². The Morgan fingerprint density at radius 1 is 1.23 bits per heavy atom. The van der Waals surface area contributed by atoms with Crippen molar-refractivity contribution in [2.24, 2.45) is 11.3 Å². The summed E-state index contributed by atoms with van der Waals surface area (Å²) in [7, 11) is 0. The molecule has 0 aliphatic heterocycles. The minimum absolute atomic E-state index is 0.0126. The Kier molecular flexibility index (Phi) is 13.1. The number of unbranched alkanes of at least 4 members (excludes halogenated alkanes) is 1. The van der Waals surface area contributed by atoms with E-state index in [0.29, 0.717) is 38.3 Å². The Morgan fingerprint density at radius 2 is 1.94 bits per heavy atom. The van der Waals surface area contributed by atoms with Crippen LogP contribution >= 0.6 is 0 Å². The van der Waals surface area contributed by atoms with E-state index in [1.807, 2.05) is 30.3 Å². The van der Waals surface area contributed by atoms with Gasteiger partial charge >= 0.3 is 0 Å². The molecule has 0 bridgehead atoms. The lowest BCUT2D eigenvalue weighted by molar-refractivity contribution is -0.123. The normalized spacial score (nSPS) is 14.5. The highest BCUT2D eigenvalue weighted by Gasteiger charge is 2.24. The Morgan fingerprint density at radius 3 is 2.55 bits per heavy atom. The van der Waals surface area contributed by atoms with Crippen molar-refractivity contribution in [1.29, 1.82) is 5.26 Å². The van der Waals surface area contributed by atoms with Crippen LogP contribution in [-0.4, -0.2) is 36.2 Å². The first-order valence-corrected chi connectivity index (χ1v) is 11.9. The minimum atomic E-state index is -0.688. The first-order chi connectivity index (χ1) is 14.8. The van der Waals surface area contributed by atoms with E-state index in [1.165, 1.54) is 0 Å². The van der Waals surface area contributed by atoms with Gasteiger partial charge in [-0.3, -0.25) is 4.79 Å². The summed E-state index contributed by atoms with van der Waals surface area (Å²) in [6, 6.07) is 11.8. The largest absolute Gasteiger partial charge is 0.390 e. The number of nitriles is 1. The Labute approximate surface area is 189 Å². The number of nitrogens with zero attached hydrogens (tertiary/aromatic N) is 1. The molecule has 31 heavy (non-hydrogen) atoms. The number of rotatable bonds is 16. The van der Waals surface area contributed by atoms with Crippen molar-refractivity contribution in [2.75, 3.05) is 13.1 Å². The average Bonchev–Trinajstić information content (AvgIpc) is 2.75. The first-order valence-electron chi connectivity index (χ1n) is 11.9. The molecule has 0 aliphatic carbocycles. The van der Waals surface area contributed by atoms with Gasteiger partial charge < -0.3 is 15.7 Å². The van der Waals surface area contributed by atoms with E-state index in [2.05, 4.69) is 44.4 Å². The number of amides is 1. The monoisotopic (exact) mass is 429 g/mol. The van der Waals surface area contributed by atoms with Crippen LogP contribution in [0.25, 0.3) is 0 Å². The molecule has 0 radical (unpaired) electrons. The summed E-state index contributed by atoms with van der Waals surface area (Å²) in [6.45, 7) is 9.67. The molecule has 0 fully saturated rings. The molecule has 0 spiro atoms. The van der Waals surface area contributed by atoms with E-state index in [4.69, 9.17) is 5.26 Å². The summed E-state index contributed by atoms with van der Waals surface area (Å²) in [5.41, 5.74) is 1.08. The van der Waals surface area contributed by atoms with Crippen LogP contribution in [0.2, 0.25) is 0 Å². The quantitative estimate of drug-likeness (QED) is 0.358. The third-order valence-corrected chi connectivity index (χ3v) is 6.00. The van der Waals surface area contributed by atoms with Crippen LogP contribution in [0.5, 0.6) is 0 Å². The lowest BCUT2D eigenvalue weighted by Gasteiger charge is -2.28. The highest BCUT2D eigenvalue weighted by atomic mass is 16.3. The molecular weight excluding hydrogens is 386 g/mol. The van der Waals surface area contributed by atoms with E-state index in [9.17, 15) is 9.90 Å². The second-order valence-electron chi connectivity index (χ2n) is 9.50. The summed E-state index contributed by atoms with van der Waals surface area (Å²) < 4.78 is 0. The number of aliphatic hydroxyl groups excluding tert-OH is 1. The van der Waals surface area contributed by atoms with Crippen molar-refractivity contribution >= 4 is 5.91 Å². The molecule has 3 N–H and O–H groups in total. The number of hydrogen-bond acceptors (Lipinski definition) is 4. The molecule has 0 saturated heterocycles. The van der Waals surface area contributed by atoms with Gasteiger partial charge in [-0.25, -0.2) is 0 Å². The predicted molar refractivity (Wildman–Crippen MR) is 128 cm³/mol. The lowest BCUT2D eigenvalue weighted by Crippen LogP contribution is -2.49. The van der Waals surface area contributed by atoms with Gasteiger partial charge in [0, 0.05) is 25.9 Å². The van der Waals surface area contributed by atoms with Crippen LogP contribution in [0.1, 0.15) is 78.2 Å². The van der Waals surface area contributed by atoms with Gasteiger partial charge in [-0.15, -0.1) is 0 Å². The van der Waals surface area contributed by atoms with Crippen LogP contribution in [-0.2, 0) is 11.2 Å². The summed E-state index contributed by atoms with van der Waals surface area (Å²) in [5, 5.41) is 26.2.